The van der Waals surface area contributed by atoms with E-state index in [9.17, 15) is 0 Å². The normalized spacial score (nSPS) is 23.4. The second-order valence-electron chi connectivity index (χ2n) is 6.07. The van der Waals surface area contributed by atoms with Gasteiger partial charge in [0.1, 0.15) is 0 Å². The lowest BCUT2D eigenvalue weighted by Gasteiger charge is -2.17. The maximum Gasteiger partial charge on any atom is 0.00977 e. The molecule has 94 valence electrons. The molecule has 0 heterocycles. The fraction of sp³-hybridized carbons (Fsp3) is 0.625. The molecule has 0 aromatic heterocycles. The van der Waals surface area contributed by atoms with Crippen LogP contribution in [0, 0.1) is 11.3 Å². The Morgan fingerprint density at radius 1 is 1.29 bits per heavy atom. The Morgan fingerprint density at radius 2 is 1.94 bits per heavy atom. The molecule has 1 N–H and O–H groups in total. The van der Waals surface area contributed by atoms with Crippen LogP contribution in [0.3, 0.4) is 0 Å². The van der Waals surface area contributed by atoms with Gasteiger partial charge in [-0.2, -0.15) is 0 Å². The molecule has 2 rings (SSSR count). The first-order chi connectivity index (χ1) is 8.13. The SMILES string of the molecule is CNC(CCCc1ccccc1)C1CC1(C)C. The van der Waals surface area contributed by atoms with E-state index < -0.39 is 0 Å². The third kappa shape index (κ3) is 3.32. The number of hydrogen-bond donors (Lipinski definition) is 1. The molecular weight excluding hydrogens is 206 g/mol. The van der Waals surface area contributed by atoms with Gasteiger partial charge in [0, 0.05) is 6.04 Å². The molecule has 1 nitrogen and oxygen atoms in total. The van der Waals surface area contributed by atoms with Crippen LogP contribution < -0.4 is 5.32 Å². The average Bonchev–Trinajstić information content (AvgIpc) is 2.95. The van der Waals surface area contributed by atoms with Crippen molar-refractivity contribution in [3.63, 3.8) is 0 Å². The molecule has 1 aliphatic carbocycles. The fourth-order valence-electron chi connectivity index (χ4n) is 2.91. The maximum absolute atomic E-state index is 3.51. The minimum atomic E-state index is 0.584. The highest BCUT2D eigenvalue weighted by Crippen LogP contribution is 2.54. The second kappa shape index (κ2) is 5.22. The van der Waals surface area contributed by atoms with E-state index in [-0.39, 0.29) is 0 Å². The Kier molecular flexibility index (Phi) is 3.88. The van der Waals surface area contributed by atoms with Gasteiger partial charge in [-0.05, 0) is 49.6 Å². The molecule has 1 aromatic carbocycles. The van der Waals surface area contributed by atoms with E-state index in [4.69, 9.17) is 0 Å². The predicted molar refractivity (Wildman–Crippen MR) is 74.1 cm³/mol. The van der Waals surface area contributed by atoms with Crippen molar-refractivity contribution in [2.45, 2.75) is 45.6 Å². The summed E-state index contributed by atoms with van der Waals surface area (Å²) in [5.41, 5.74) is 2.05. The van der Waals surface area contributed by atoms with Crippen molar-refractivity contribution >= 4 is 0 Å². The molecule has 17 heavy (non-hydrogen) atoms. The molecule has 1 heteroatoms. The molecular formula is C16H25N. The third-order valence-corrected chi connectivity index (χ3v) is 4.27. The Balaban J connectivity index is 1.74. The van der Waals surface area contributed by atoms with E-state index in [2.05, 4.69) is 56.5 Å². The van der Waals surface area contributed by atoms with E-state index in [0.717, 1.165) is 5.92 Å². The molecule has 2 unspecified atom stereocenters. The van der Waals surface area contributed by atoms with E-state index in [1.54, 1.807) is 0 Å². The number of hydrogen-bond acceptors (Lipinski definition) is 1. The van der Waals surface area contributed by atoms with Gasteiger partial charge in [-0.3, -0.25) is 0 Å². The van der Waals surface area contributed by atoms with Crippen LogP contribution in [-0.2, 0) is 6.42 Å². The first kappa shape index (κ1) is 12.6. The smallest absolute Gasteiger partial charge is 0.00977 e. The Bertz CT molecular complexity index is 342. The number of benzene rings is 1. The van der Waals surface area contributed by atoms with E-state index in [1.807, 2.05) is 0 Å². The first-order valence-corrected chi connectivity index (χ1v) is 6.84. The summed E-state index contributed by atoms with van der Waals surface area (Å²) in [5, 5.41) is 3.51. The van der Waals surface area contributed by atoms with Gasteiger partial charge in [-0.25, -0.2) is 0 Å². The van der Waals surface area contributed by atoms with Crippen LogP contribution in [0.5, 0.6) is 0 Å². The van der Waals surface area contributed by atoms with Gasteiger partial charge in [-0.1, -0.05) is 44.2 Å². The lowest BCUT2D eigenvalue weighted by Crippen LogP contribution is -2.29. The summed E-state index contributed by atoms with van der Waals surface area (Å²) in [5.74, 6) is 0.892. The lowest BCUT2D eigenvalue weighted by atomic mass is 9.98. The zero-order valence-electron chi connectivity index (χ0n) is 11.4. The van der Waals surface area contributed by atoms with Crippen LogP contribution in [0.25, 0.3) is 0 Å². The Morgan fingerprint density at radius 3 is 2.47 bits per heavy atom. The van der Waals surface area contributed by atoms with Crippen molar-refractivity contribution in [2.24, 2.45) is 11.3 Å². The summed E-state index contributed by atoms with van der Waals surface area (Å²) in [4.78, 5) is 0. The van der Waals surface area contributed by atoms with Crippen molar-refractivity contribution in [1.29, 1.82) is 0 Å². The zero-order chi connectivity index (χ0) is 12.3. The zero-order valence-corrected chi connectivity index (χ0v) is 11.4. The van der Waals surface area contributed by atoms with Crippen molar-refractivity contribution in [3.8, 4) is 0 Å². The van der Waals surface area contributed by atoms with Crippen molar-refractivity contribution < 1.29 is 0 Å². The molecule has 1 saturated carbocycles. The average molecular weight is 231 g/mol. The van der Waals surface area contributed by atoms with Gasteiger partial charge in [0.25, 0.3) is 0 Å². The predicted octanol–water partition coefficient (Wildman–Crippen LogP) is 3.64. The van der Waals surface area contributed by atoms with Gasteiger partial charge in [0.05, 0.1) is 0 Å². The van der Waals surface area contributed by atoms with Gasteiger partial charge in [-0.15, -0.1) is 0 Å². The fourth-order valence-corrected chi connectivity index (χ4v) is 2.91. The van der Waals surface area contributed by atoms with Crippen molar-refractivity contribution in [3.05, 3.63) is 35.9 Å². The van der Waals surface area contributed by atoms with E-state index in [0.29, 0.717) is 11.5 Å². The number of aryl methyl sites for hydroxylation is 1. The van der Waals surface area contributed by atoms with Crippen molar-refractivity contribution in [2.75, 3.05) is 7.05 Å². The second-order valence-corrected chi connectivity index (χ2v) is 6.07. The van der Waals surface area contributed by atoms with Crippen LogP contribution in [0.1, 0.15) is 38.7 Å². The van der Waals surface area contributed by atoms with Crippen LogP contribution in [0.2, 0.25) is 0 Å². The molecule has 0 amide bonds. The highest BCUT2D eigenvalue weighted by Gasteiger charge is 2.49. The summed E-state index contributed by atoms with van der Waals surface area (Å²) in [7, 11) is 2.11. The third-order valence-electron chi connectivity index (χ3n) is 4.27. The molecule has 0 bridgehead atoms. The van der Waals surface area contributed by atoms with Gasteiger partial charge < -0.3 is 5.32 Å². The number of rotatable bonds is 6. The molecule has 0 saturated heterocycles. The molecule has 0 aliphatic heterocycles. The number of nitrogens with one attached hydrogen (secondary N) is 1. The maximum atomic E-state index is 3.51. The van der Waals surface area contributed by atoms with E-state index >= 15 is 0 Å². The van der Waals surface area contributed by atoms with Crippen LogP contribution >= 0.6 is 0 Å². The largest absolute Gasteiger partial charge is 0.317 e. The minimum Gasteiger partial charge on any atom is -0.317 e. The summed E-state index contributed by atoms with van der Waals surface area (Å²) >= 11 is 0. The highest BCUT2D eigenvalue weighted by molar-refractivity contribution is 5.14. The monoisotopic (exact) mass is 231 g/mol. The van der Waals surface area contributed by atoms with Gasteiger partial charge in [0.15, 0.2) is 0 Å². The molecule has 0 spiro atoms. The molecule has 0 radical (unpaired) electrons. The Labute approximate surface area is 106 Å². The summed E-state index contributed by atoms with van der Waals surface area (Å²) in [6.07, 6.45) is 5.21. The van der Waals surface area contributed by atoms with E-state index in [1.165, 1.54) is 31.2 Å². The lowest BCUT2D eigenvalue weighted by molar-refractivity contribution is 0.399. The summed E-state index contributed by atoms with van der Waals surface area (Å²) in [6.45, 7) is 4.78. The van der Waals surface area contributed by atoms with Crippen molar-refractivity contribution in [1.82, 2.24) is 5.32 Å². The van der Waals surface area contributed by atoms with Gasteiger partial charge >= 0.3 is 0 Å². The minimum absolute atomic E-state index is 0.584. The molecule has 1 fully saturated rings. The highest BCUT2D eigenvalue weighted by atomic mass is 14.9. The molecule has 2 atom stereocenters. The molecule has 1 aromatic rings. The van der Waals surface area contributed by atoms with Crippen LogP contribution in [0.15, 0.2) is 30.3 Å². The quantitative estimate of drug-likeness (QED) is 0.788. The van der Waals surface area contributed by atoms with Gasteiger partial charge in [0.2, 0.25) is 0 Å². The standard InChI is InChI=1S/C16H25N/c1-16(2)12-14(16)15(17-3)11-7-10-13-8-5-4-6-9-13/h4-6,8-9,14-15,17H,7,10-12H2,1-3H3. The topological polar surface area (TPSA) is 12.0 Å². The Hall–Kier alpha value is -0.820. The summed E-state index contributed by atoms with van der Waals surface area (Å²) in [6, 6.07) is 11.5. The first-order valence-electron chi connectivity index (χ1n) is 6.84. The van der Waals surface area contributed by atoms with Crippen LogP contribution in [0.4, 0.5) is 0 Å². The summed E-state index contributed by atoms with van der Waals surface area (Å²) < 4.78 is 0. The van der Waals surface area contributed by atoms with Crippen LogP contribution in [-0.4, -0.2) is 13.1 Å². The molecule has 1 aliphatic rings.